The first-order valence-corrected chi connectivity index (χ1v) is 6.89. The molecule has 1 fully saturated rings. The zero-order valence-corrected chi connectivity index (χ0v) is 11.4. The number of methoxy groups -OCH3 is 1. The van der Waals surface area contributed by atoms with E-state index in [2.05, 4.69) is 16.1 Å². The zero-order chi connectivity index (χ0) is 13.8. The number of rotatable bonds is 3. The van der Waals surface area contributed by atoms with E-state index < -0.39 is 5.60 Å². The van der Waals surface area contributed by atoms with E-state index >= 15 is 0 Å². The van der Waals surface area contributed by atoms with Gasteiger partial charge in [-0.2, -0.15) is 5.10 Å². The number of aliphatic hydroxyl groups is 1. The third kappa shape index (κ3) is 1.47. The predicted molar refractivity (Wildman–Crippen MR) is 72.3 cm³/mol. The van der Waals surface area contributed by atoms with Crippen LogP contribution in [0.25, 0.3) is 0 Å². The van der Waals surface area contributed by atoms with Crippen LogP contribution in [0.2, 0.25) is 0 Å². The number of aromatic nitrogens is 3. The summed E-state index contributed by atoms with van der Waals surface area (Å²) in [6.07, 6.45) is 6.22. The minimum absolute atomic E-state index is 0.0202. The quantitative estimate of drug-likeness (QED) is 0.919. The van der Waals surface area contributed by atoms with Gasteiger partial charge in [-0.15, -0.1) is 0 Å². The van der Waals surface area contributed by atoms with Crippen LogP contribution in [-0.4, -0.2) is 27.0 Å². The maximum Gasteiger partial charge on any atom is 0.137 e. The fourth-order valence-corrected chi connectivity index (χ4v) is 3.59. The Kier molecular flexibility index (Phi) is 2.27. The lowest BCUT2D eigenvalue weighted by Gasteiger charge is -2.31. The molecule has 5 nitrogen and oxygen atoms in total. The van der Waals surface area contributed by atoms with E-state index in [1.807, 2.05) is 12.1 Å². The summed E-state index contributed by atoms with van der Waals surface area (Å²) < 4.78 is 7.01. The van der Waals surface area contributed by atoms with Gasteiger partial charge in [-0.25, -0.2) is 9.67 Å². The van der Waals surface area contributed by atoms with Crippen molar-refractivity contribution in [2.24, 2.45) is 5.41 Å². The van der Waals surface area contributed by atoms with E-state index in [0.29, 0.717) is 6.54 Å². The first-order valence-electron chi connectivity index (χ1n) is 6.89. The first kappa shape index (κ1) is 11.9. The highest BCUT2D eigenvalue weighted by molar-refractivity contribution is 5.47. The lowest BCUT2D eigenvalue weighted by Crippen LogP contribution is -2.38. The molecule has 0 bridgehead atoms. The molecule has 104 valence electrons. The molecule has 0 amide bonds. The third-order valence-corrected chi connectivity index (χ3v) is 4.88. The highest BCUT2D eigenvalue weighted by atomic mass is 16.5. The van der Waals surface area contributed by atoms with Crippen LogP contribution in [0.15, 0.2) is 30.9 Å². The van der Waals surface area contributed by atoms with Crippen molar-refractivity contribution in [3.05, 3.63) is 42.0 Å². The molecule has 20 heavy (non-hydrogen) atoms. The van der Waals surface area contributed by atoms with Crippen LogP contribution < -0.4 is 4.74 Å². The largest absolute Gasteiger partial charge is 0.497 e. The summed E-state index contributed by atoms with van der Waals surface area (Å²) in [6.45, 7) is 0.465. The Hall–Kier alpha value is -1.88. The highest BCUT2D eigenvalue weighted by Crippen LogP contribution is 2.65. The lowest BCUT2D eigenvalue weighted by molar-refractivity contribution is -0.0438. The van der Waals surface area contributed by atoms with Gasteiger partial charge in [-0.3, -0.25) is 0 Å². The van der Waals surface area contributed by atoms with Crippen LogP contribution in [-0.2, 0) is 18.6 Å². The van der Waals surface area contributed by atoms with Crippen LogP contribution in [0.4, 0.5) is 0 Å². The molecule has 1 aromatic heterocycles. The molecule has 1 heterocycles. The molecular formula is C15H17N3O2. The van der Waals surface area contributed by atoms with Crippen molar-refractivity contribution in [2.75, 3.05) is 7.11 Å². The lowest BCUT2D eigenvalue weighted by atomic mass is 9.84. The number of hydrogen-bond donors (Lipinski definition) is 1. The summed E-state index contributed by atoms with van der Waals surface area (Å²) in [5, 5.41) is 15.5. The molecule has 2 aliphatic carbocycles. The molecule has 1 N–H and O–H groups in total. The standard InChI is InChI=1S/C15H17N3O2/c1-20-12-2-3-13-11(6-12)7-14(4-5-14)15(13,19)8-18-10-16-9-17-18/h2-3,6,9-10,19H,4-5,7-8H2,1H3. The Labute approximate surface area is 117 Å². The van der Waals surface area contributed by atoms with E-state index in [1.54, 1.807) is 18.1 Å². The maximum absolute atomic E-state index is 11.3. The molecule has 2 aliphatic rings. The van der Waals surface area contributed by atoms with Gasteiger partial charge in [0, 0.05) is 5.41 Å². The zero-order valence-electron chi connectivity index (χ0n) is 11.4. The third-order valence-electron chi connectivity index (χ3n) is 4.88. The van der Waals surface area contributed by atoms with Crippen LogP contribution in [0.1, 0.15) is 24.0 Å². The van der Waals surface area contributed by atoms with Crippen LogP contribution in [0.3, 0.4) is 0 Å². The Balaban J connectivity index is 1.79. The van der Waals surface area contributed by atoms with E-state index in [9.17, 15) is 5.11 Å². The van der Waals surface area contributed by atoms with Gasteiger partial charge in [0.1, 0.15) is 24.0 Å². The van der Waals surface area contributed by atoms with Crippen LogP contribution in [0.5, 0.6) is 5.75 Å². The van der Waals surface area contributed by atoms with Crippen LogP contribution in [0, 0.1) is 5.41 Å². The summed E-state index contributed by atoms with van der Waals surface area (Å²) in [5.74, 6) is 0.851. The SMILES string of the molecule is COc1ccc2c(c1)CC1(CC1)C2(O)Cn1cncn1. The molecular weight excluding hydrogens is 254 g/mol. The predicted octanol–water partition coefficient (Wildman–Crippen LogP) is 1.51. The number of hydrogen-bond acceptors (Lipinski definition) is 4. The minimum Gasteiger partial charge on any atom is -0.497 e. The van der Waals surface area contributed by atoms with Crippen molar-refractivity contribution < 1.29 is 9.84 Å². The number of ether oxygens (including phenoxy) is 1. The summed E-state index contributed by atoms with van der Waals surface area (Å²) in [5.41, 5.74) is 1.35. The average molecular weight is 271 g/mol. The number of nitrogens with zero attached hydrogens (tertiary/aromatic N) is 3. The molecule has 1 atom stereocenters. The Bertz CT molecular complexity index is 649. The molecule has 1 saturated carbocycles. The van der Waals surface area contributed by atoms with Gasteiger partial charge >= 0.3 is 0 Å². The van der Waals surface area contributed by atoms with Gasteiger partial charge in [-0.05, 0) is 42.5 Å². The molecule has 0 aliphatic heterocycles. The molecule has 2 aromatic rings. The van der Waals surface area contributed by atoms with Crippen molar-refractivity contribution in [1.29, 1.82) is 0 Å². The Morgan fingerprint density at radius 2 is 2.25 bits per heavy atom. The second-order valence-electron chi connectivity index (χ2n) is 5.93. The number of fused-ring (bicyclic) bond motifs is 1. The summed E-state index contributed by atoms with van der Waals surface area (Å²) in [7, 11) is 1.67. The molecule has 1 unspecified atom stereocenters. The van der Waals surface area contributed by atoms with Crippen molar-refractivity contribution in [3.63, 3.8) is 0 Å². The van der Waals surface area contributed by atoms with Crippen molar-refractivity contribution in [2.45, 2.75) is 31.4 Å². The number of benzene rings is 1. The van der Waals surface area contributed by atoms with Crippen molar-refractivity contribution >= 4 is 0 Å². The van der Waals surface area contributed by atoms with E-state index in [1.165, 1.54) is 11.9 Å². The molecule has 0 saturated heterocycles. The topological polar surface area (TPSA) is 60.2 Å². The van der Waals surface area contributed by atoms with Gasteiger partial charge in [0.25, 0.3) is 0 Å². The van der Waals surface area contributed by atoms with E-state index in [0.717, 1.165) is 30.6 Å². The fourth-order valence-electron chi connectivity index (χ4n) is 3.59. The smallest absolute Gasteiger partial charge is 0.137 e. The normalized spacial score (nSPS) is 25.7. The van der Waals surface area contributed by atoms with Gasteiger partial charge in [0.15, 0.2) is 0 Å². The molecule has 4 rings (SSSR count). The van der Waals surface area contributed by atoms with Gasteiger partial charge < -0.3 is 9.84 Å². The Morgan fingerprint density at radius 3 is 2.90 bits per heavy atom. The average Bonchev–Trinajstić information content (AvgIpc) is 2.98. The monoisotopic (exact) mass is 271 g/mol. The fraction of sp³-hybridized carbons (Fsp3) is 0.467. The first-order chi connectivity index (χ1) is 9.67. The summed E-state index contributed by atoms with van der Waals surface area (Å²) in [6, 6.07) is 5.97. The van der Waals surface area contributed by atoms with Gasteiger partial charge in [0.2, 0.25) is 0 Å². The Morgan fingerprint density at radius 1 is 1.40 bits per heavy atom. The molecule has 0 radical (unpaired) electrons. The summed E-state index contributed by atoms with van der Waals surface area (Å²) >= 11 is 0. The second-order valence-corrected chi connectivity index (χ2v) is 5.93. The second kappa shape index (κ2) is 3.82. The molecule has 1 spiro atoms. The van der Waals surface area contributed by atoms with Crippen LogP contribution >= 0.6 is 0 Å². The molecule has 5 heteroatoms. The van der Waals surface area contributed by atoms with E-state index in [-0.39, 0.29) is 5.41 Å². The highest BCUT2D eigenvalue weighted by Gasteiger charge is 2.63. The van der Waals surface area contributed by atoms with Crippen molar-refractivity contribution in [3.8, 4) is 5.75 Å². The summed E-state index contributed by atoms with van der Waals surface area (Å²) in [4.78, 5) is 3.97. The van der Waals surface area contributed by atoms with Crippen molar-refractivity contribution in [1.82, 2.24) is 14.8 Å². The minimum atomic E-state index is -0.845. The van der Waals surface area contributed by atoms with Gasteiger partial charge in [0.05, 0.1) is 13.7 Å². The maximum atomic E-state index is 11.3. The van der Waals surface area contributed by atoms with Gasteiger partial charge in [-0.1, -0.05) is 6.07 Å². The van der Waals surface area contributed by atoms with E-state index in [4.69, 9.17) is 4.74 Å². The molecule has 1 aromatic carbocycles.